The van der Waals surface area contributed by atoms with Gasteiger partial charge < -0.3 is 19.3 Å². The molecule has 0 heterocycles. The van der Waals surface area contributed by atoms with Crippen molar-refractivity contribution < 1.29 is 28.9 Å². The zero-order chi connectivity index (χ0) is 14.8. The summed E-state index contributed by atoms with van der Waals surface area (Å²) in [5.74, 6) is -1.46. The molecule has 1 saturated carbocycles. The molecule has 0 aromatic carbocycles. The quantitative estimate of drug-likeness (QED) is 0.511. The molecule has 0 radical (unpaired) electrons. The number of hydrogen-bond acceptors (Lipinski definition) is 5. The van der Waals surface area contributed by atoms with Crippen LogP contribution in [0.25, 0.3) is 0 Å². The Bertz CT molecular complexity index is 296. The summed E-state index contributed by atoms with van der Waals surface area (Å²) in [5, 5.41) is 8.88. The van der Waals surface area contributed by atoms with Crippen molar-refractivity contribution in [2.24, 2.45) is 11.8 Å². The predicted molar refractivity (Wildman–Crippen MR) is 71.4 cm³/mol. The van der Waals surface area contributed by atoms with Crippen molar-refractivity contribution in [3.8, 4) is 0 Å². The zero-order valence-corrected chi connectivity index (χ0v) is 12.0. The van der Waals surface area contributed by atoms with Crippen LogP contribution in [0.1, 0.15) is 32.6 Å². The minimum atomic E-state index is -0.764. The van der Waals surface area contributed by atoms with Crippen LogP contribution in [0.4, 0.5) is 0 Å². The van der Waals surface area contributed by atoms with Gasteiger partial charge in [-0.1, -0.05) is 0 Å². The van der Waals surface area contributed by atoms with E-state index in [2.05, 4.69) is 0 Å². The van der Waals surface area contributed by atoms with Crippen molar-refractivity contribution in [3.63, 3.8) is 0 Å². The Labute approximate surface area is 119 Å². The molecule has 1 aliphatic rings. The van der Waals surface area contributed by atoms with Crippen molar-refractivity contribution in [1.82, 2.24) is 0 Å². The summed E-state index contributed by atoms with van der Waals surface area (Å²) in [6.07, 6.45) is 2.31. The highest BCUT2D eigenvalue weighted by Gasteiger charge is 2.30. The molecular weight excluding hydrogens is 264 g/mol. The third-order valence-corrected chi connectivity index (χ3v) is 3.46. The normalized spacial score (nSPS) is 22.4. The number of ether oxygens (including phenoxy) is 3. The second-order valence-electron chi connectivity index (χ2n) is 4.86. The van der Waals surface area contributed by atoms with Gasteiger partial charge in [0.15, 0.2) is 0 Å². The molecule has 6 heteroatoms. The number of rotatable bonds is 9. The van der Waals surface area contributed by atoms with Gasteiger partial charge in [0.2, 0.25) is 0 Å². The van der Waals surface area contributed by atoms with Gasteiger partial charge in [0, 0.05) is 6.61 Å². The van der Waals surface area contributed by atoms with Gasteiger partial charge in [0.25, 0.3) is 0 Å². The third-order valence-electron chi connectivity index (χ3n) is 3.46. The first-order valence-electron chi connectivity index (χ1n) is 7.20. The number of carboxylic acid groups (broad SMARTS) is 1. The molecule has 0 aromatic rings. The number of carboxylic acids is 1. The van der Waals surface area contributed by atoms with E-state index in [-0.39, 0.29) is 24.4 Å². The second kappa shape index (κ2) is 9.72. The predicted octanol–water partition coefficient (Wildman–Crippen LogP) is 1.47. The molecule has 0 atom stereocenters. The fraction of sp³-hybridized carbons (Fsp3) is 0.857. The molecule has 0 aliphatic heterocycles. The van der Waals surface area contributed by atoms with Crippen LogP contribution in [0.15, 0.2) is 0 Å². The second-order valence-corrected chi connectivity index (χ2v) is 4.86. The monoisotopic (exact) mass is 288 g/mol. The summed E-state index contributed by atoms with van der Waals surface area (Å²) in [4.78, 5) is 22.6. The van der Waals surface area contributed by atoms with Crippen LogP contribution in [-0.2, 0) is 23.8 Å². The molecule has 116 valence electrons. The zero-order valence-electron chi connectivity index (χ0n) is 12.0. The molecule has 20 heavy (non-hydrogen) atoms. The van der Waals surface area contributed by atoms with Gasteiger partial charge in [-0.05, 0) is 32.6 Å². The Hall–Kier alpha value is -1.14. The lowest BCUT2D eigenvalue weighted by Crippen LogP contribution is -2.27. The Balaban J connectivity index is 2.04. The maximum absolute atomic E-state index is 11.8. The average Bonchev–Trinajstić information content (AvgIpc) is 2.46. The summed E-state index contributed by atoms with van der Waals surface area (Å²) >= 11 is 0. The van der Waals surface area contributed by atoms with Gasteiger partial charge >= 0.3 is 11.9 Å². The van der Waals surface area contributed by atoms with E-state index in [0.29, 0.717) is 52.1 Å². The molecule has 0 aromatic heterocycles. The summed E-state index contributed by atoms with van der Waals surface area (Å²) in [5.41, 5.74) is 0. The Morgan fingerprint density at radius 2 is 1.50 bits per heavy atom. The van der Waals surface area contributed by atoms with E-state index in [9.17, 15) is 9.59 Å². The van der Waals surface area contributed by atoms with Gasteiger partial charge in [-0.2, -0.15) is 0 Å². The highest BCUT2D eigenvalue weighted by molar-refractivity contribution is 5.74. The number of carbonyl (C=O) groups excluding carboxylic acids is 1. The van der Waals surface area contributed by atoms with Crippen LogP contribution >= 0.6 is 0 Å². The maximum atomic E-state index is 11.8. The fourth-order valence-electron chi connectivity index (χ4n) is 2.26. The number of esters is 1. The number of aliphatic carboxylic acids is 1. The van der Waals surface area contributed by atoms with Gasteiger partial charge in [0.05, 0.1) is 31.7 Å². The highest BCUT2D eigenvalue weighted by atomic mass is 16.6. The van der Waals surface area contributed by atoms with Gasteiger partial charge in [-0.3, -0.25) is 9.59 Å². The Kier molecular flexibility index (Phi) is 8.22. The number of hydrogen-bond donors (Lipinski definition) is 1. The Morgan fingerprint density at radius 3 is 2.10 bits per heavy atom. The van der Waals surface area contributed by atoms with Crippen LogP contribution in [0.2, 0.25) is 0 Å². The van der Waals surface area contributed by atoms with Crippen LogP contribution in [-0.4, -0.2) is 50.1 Å². The van der Waals surface area contributed by atoms with E-state index >= 15 is 0 Å². The standard InChI is InChI=1S/C14H24O6/c1-2-18-7-8-19-9-10-20-14(17)12-5-3-11(4-6-12)13(15)16/h11-12H,2-10H2,1H3,(H,15,16). The molecule has 6 nitrogen and oxygen atoms in total. The van der Waals surface area contributed by atoms with Gasteiger partial charge in [-0.25, -0.2) is 0 Å². The average molecular weight is 288 g/mol. The highest BCUT2D eigenvalue weighted by Crippen LogP contribution is 2.29. The molecule has 1 fully saturated rings. The van der Waals surface area contributed by atoms with Crippen LogP contribution in [0.3, 0.4) is 0 Å². The smallest absolute Gasteiger partial charge is 0.309 e. The first kappa shape index (κ1) is 16.9. The lowest BCUT2D eigenvalue weighted by Gasteiger charge is -2.24. The van der Waals surface area contributed by atoms with Crippen molar-refractivity contribution in [2.45, 2.75) is 32.6 Å². The van der Waals surface area contributed by atoms with E-state index in [1.165, 1.54) is 0 Å². The molecule has 0 unspecified atom stereocenters. The minimum absolute atomic E-state index is 0.158. The van der Waals surface area contributed by atoms with E-state index in [4.69, 9.17) is 19.3 Å². The first-order valence-corrected chi connectivity index (χ1v) is 7.20. The molecule has 1 aliphatic carbocycles. The van der Waals surface area contributed by atoms with Crippen molar-refractivity contribution in [3.05, 3.63) is 0 Å². The van der Waals surface area contributed by atoms with Crippen molar-refractivity contribution in [2.75, 3.05) is 33.0 Å². The van der Waals surface area contributed by atoms with Crippen LogP contribution in [0, 0.1) is 11.8 Å². The van der Waals surface area contributed by atoms with Crippen LogP contribution in [0.5, 0.6) is 0 Å². The largest absolute Gasteiger partial charge is 0.481 e. The molecule has 0 saturated heterocycles. The first-order chi connectivity index (χ1) is 9.65. The van der Waals surface area contributed by atoms with E-state index < -0.39 is 5.97 Å². The Morgan fingerprint density at radius 1 is 0.950 bits per heavy atom. The summed E-state index contributed by atoms with van der Waals surface area (Å²) in [6.45, 7) is 4.23. The number of carbonyl (C=O) groups is 2. The fourth-order valence-corrected chi connectivity index (χ4v) is 2.26. The summed E-state index contributed by atoms with van der Waals surface area (Å²) in [7, 11) is 0. The third kappa shape index (κ3) is 6.34. The summed E-state index contributed by atoms with van der Waals surface area (Å²) in [6, 6.07) is 0. The minimum Gasteiger partial charge on any atom is -0.481 e. The van der Waals surface area contributed by atoms with Crippen molar-refractivity contribution >= 4 is 11.9 Å². The molecule has 0 amide bonds. The molecule has 0 bridgehead atoms. The SMILES string of the molecule is CCOCCOCCOC(=O)C1CCC(C(=O)O)CC1. The van der Waals surface area contributed by atoms with Gasteiger partial charge in [-0.15, -0.1) is 0 Å². The maximum Gasteiger partial charge on any atom is 0.309 e. The topological polar surface area (TPSA) is 82.1 Å². The molecule has 1 rings (SSSR count). The molecular formula is C14H24O6. The van der Waals surface area contributed by atoms with Crippen molar-refractivity contribution in [1.29, 1.82) is 0 Å². The van der Waals surface area contributed by atoms with Crippen LogP contribution < -0.4 is 0 Å². The van der Waals surface area contributed by atoms with E-state index in [0.717, 1.165) is 0 Å². The lowest BCUT2D eigenvalue weighted by molar-refractivity contribution is -0.154. The summed E-state index contributed by atoms with van der Waals surface area (Å²) < 4.78 is 15.5. The van der Waals surface area contributed by atoms with E-state index in [1.807, 2.05) is 6.92 Å². The van der Waals surface area contributed by atoms with E-state index in [1.54, 1.807) is 0 Å². The molecule has 0 spiro atoms. The lowest BCUT2D eigenvalue weighted by atomic mass is 9.82. The van der Waals surface area contributed by atoms with Gasteiger partial charge in [0.1, 0.15) is 6.61 Å². The molecule has 1 N–H and O–H groups in total.